The minimum atomic E-state index is -3.44. The second-order valence-electron chi connectivity index (χ2n) is 5.72. The van der Waals surface area contributed by atoms with Gasteiger partial charge in [-0.15, -0.1) is 0 Å². The van der Waals surface area contributed by atoms with Crippen LogP contribution in [0.3, 0.4) is 0 Å². The summed E-state index contributed by atoms with van der Waals surface area (Å²) in [4.78, 5) is 2.43. The van der Waals surface area contributed by atoms with Crippen molar-refractivity contribution in [3.05, 3.63) is 54.1 Å². The first-order chi connectivity index (χ1) is 11.0. The van der Waals surface area contributed by atoms with Gasteiger partial charge in [0.05, 0.1) is 4.90 Å². The highest BCUT2D eigenvalue weighted by molar-refractivity contribution is 7.89. The molecule has 0 unspecified atom stereocenters. The summed E-state index contributed by atoms with van der Waals surface area (Å²) in [6.07, 6.45) is 0. The summed E-state index contributed by atoms with van der Waals surface area (Å²) in [6.45, 7) is 4.02. The van der Waals surface area contributed by atoms with E-state index in [9.17, 15) is 13.5 Å². The zero-order chi connectivity index (χ0) is 16.4. The molecule has 1 fully saturated rings. The van der Waals surface area contributed by atoms with E-state index in [2.05, 4.69) is 4.90 Å². The largest absolute Gasteiger partial charge is 0.508 e. The van der Waals surface area contributed by atoms with Gasteiger partial charge in [-0.2, -0.15) is 4.31 Å². The average Bonchev–Trinajstić information content (AvgIpc) is 2.55. The Hall–Kier alpha value is -2.05. The Bertz CT molecular complexity index is 780. The Morgan fingerprint density at radius 1 is 0.957 bits per heavy atom. The molecule has 6 heteroatoms. The van der Waals surface area contributed by atoms with E-state index < -0.39 is 10.0 Å². The summed E-state index contributed by atoms with van der Waals surface area (Å²) in [5.41, 5.74) is 1.95. The molecule has 1 aliphatic heterocycles. The smallest absolute Gasteiger partial charge is 0.243 e. The Morgan fingerprint density at radius 3 is 2.22 bits per heavy atom. The van der Waals surface area contributed by atoms with Gasteiger partial charge in [0.15, 0.2) is 0 Å². The second kappa shape index (κ2) is 6.22. The standard InChI is InChI=1S/C17H20N2O3S/c1-14-5-7-17(8-6-14)23(21,22)19-11-9-18(10-12-19)15-3-2-4-16(20)13-15/h2-8,13,20H,9-12H2,1H3. The van der Waals surface area contributed by atoms with E-state index in [1.54, 1.807) is 30.3 Å². The zero-order valence-electron chi connectivity index (χ0n) is 13.0. The number of piperazine rings is 1. The number of hydrogen-bond acceptors (Lipinski definition) is 4. The minimum Gasteiger partial charge on any atom is -0.508 e. The summed E-state index contributed by atoms with van der Waals surface area (Å²) in [5.74, 6) is 0.220. The normalized spacial score (nSPS) is 16.5. The van der Waals surface area contributed by atoms with Crippen LogP contribution in [0.15, 0.2) is 53.4 Å². The molecule has 0 aliphatic carbocycles. The van der Waals surface area contributed by atoms with Gasteiger partial charge in [-0.3, -0.25) is 0 Å². The highest BCUT2D eigenvalue weighted by atomic mass is 32.2. The minimum absolute atomic E-state index is 0.220. The molecule has 0 saturated carbocycles. The van der Waals surface area contributed by atoms with E-state index in [-0.39, 0.29) is 5.75 Å². The molecule has 0 bridgehead atoms. The average molecular weight is 332 g/mol. The van der Waals surface area contributed by atoms with Gasteiger partial charge in [0, 0.05) is 37.9 Å². The van der Waals surface area contributed by atoms with Crippen molar-refractivity contribution < 1.29 is 13.5 Å². The molecule has 3 rings (SSSR count). The van der Waals surface area contributed by atoms with Crippen molar-refractivity contribution in [3.63, 3.8) is 0 Å². The molecule has 1 heterocycles. The van der Waals surface area contributed by atoms with Crippen molar-refractivity contribution >= 4 is 15.7 Å². The third kappa shape index (κ3) is 3.33. The van der Waals surface area contributed by atoms with E-state index >= 15 is 0 Å². The van der Waals surface area contributed by atoms with Crippen LogP contribution in [0.2, 0.25) is 0 Å². The number of hydrogen-bond donors (Lipinski definition) is 1. The van der Waals surface area contributed by atoms with Crippen molar-refractivity contribution in [1.29, 1.82) is 0 Å². The topological polar surface area (TPSA) is 60.9 Å². The van der Waals surface area contributed by atoms with Gasteiger partial charge >= 0.3 is 0 Å². The van der Waals surface area contributed by atoms with Gasteiger partial charge in [-0.25, -0.2) is 8.42 Å². The number of phenolic OH excluding ortho intramolecular Hbond substituents is 1. The lowest BCUT2D eigenvalue weighted by atomic mass is 10.2. The molecule has 1 N–H and O–H groups in total. The van der Waals surface area contributed by atoms with E-state index in [1.807, 2.05) is 25.1 Å². The molecule has 0 atom stereocenters. The number of aryl methyl sites for hydroxylation is 1. The highest BCUT2D eigenvalue weighted by Crippen LogP contribution is 2.23. The fourth-order valence-electron chi connectivity index (χ4n) is 2.74. The van der Waals surface area contributed by atoms with Crippen LogP contribution in [-0.4, -0.2) is 44.0 Å². The maximum absolute atomic E-state index is 12.7. The maximum atomic E-state index is 12.7. The molecule has 2 aromatic rings. The van der Waals surface area contributed by atoms with Crippen LogP contribution < -0.4 is 4.90 Å². The molecular weight excluding hydrogens is 312 g/mol. The zero-order valence-corrected chi connectivity index (χ0v) is 13.8. The third-order valence-electron chi connectivity index (χ3n) is 4.09. The molecule has 0 amide bonds. The van der Waals surface area contributed by atoms with Crippen LogP contribution in [-0.2, 0) is 10.0 Å². The van der Waals surface area contributed by atoms with E-state index in [4.69, 9.17) is 0 Å². The van der Waals surface area contributed by atoms with Gasteiger partial charge in [0.25, 0.3) is 0 Å². The monoisotopic (exact) mass is 332 g/mol. The van der Waals surface area contributed by atoms with Crippen molar-refractivity contribution in [1.82, 2.24) is 4.31 Å². The summed E-state index contributed by atoms with van der Waals surface area (Å²) < 4.78 is 26.9. The maximum Gasteiger partial charge on any atom is 0.243 e. The molecule has 0 radical (unpaired) electrons. The number of nitrogens with zero attached hydrogens (tertiary/aromatic N) is 2. The Morgan fingerprint density at radius 2 is 1.61 bits per heavy atom. The van der Waals surface area contributed by atoms with Crippen molar-refractivity contribution in [2.45, 2.75) is 11.8 Å². The Kier molecular flexibility index (Phi) is 4.28. The Balaban J connectivity index is 1.72. The van der Waals surface area contributed by atoms with E-state index in [1.165, 1.54) is 4.31 Å². The van der Waals surface area contributed by atoms with Crippen LogP contribution >= 0.6 is 0 Å². The molecule has 23 heavy (non-hydrogen) atoms. The van der Waals surface area contributed by atoms with E-state index in [0.717, 1.165) is 11.3 Å². The third-order valence-corrected chi connectivity index (χ3v) is 6.01. The molecule has 0 aromatic heterocycles. The molecule has 1 aliphatic rings. The molecule has 5 nitrogen and oxygen atoms in total. The first-order valence-corrected chi connectivity index (χ1v) is 9.01. The fraction of sp³-hybridized carbons (Fsp3) is 0.294. The van der Waals surface area contributed by atoms with Crippen LogP contribution in [0.1, 0.15) is 5.56 Å². The Labute approximate surface area is 136 Å². The number of anilines is 1. The summed E-state index contributed by atoms with van der Waals surface area (Å²) in [5, 5.41) is 9.56. The fourth-order valence-corrected chi connectivity index (χ4v) is 4.16. The lowest BCUT2D eigenvalue weighted by Gasteiger charge is -2.35. The first kappa shape index (κ1) is 15.8. The number of aromatic hydroxyl groups is 1. The predicted octanol–water partition coefficient (Wildman–Crippen LogP) is 2.21. The first-order valence-electron chi connectivity index (χ1n) is 7.57. The van der Waals surface area contributed by atoms with Crippen LogP contribution in [0, 0.1) is 6.92 Å². The SMILES string of the molecule is Cc1ccc(S(=O)(=O)N2CCN(c3cccc(O)c3)CC2)cc1. The predicted molar refractivity (Wildman–Crippen MR) is 90.3 cm³/mol. The van der Waals surface area contributed by atoms with E-state index in [0.29, 0.717) is 31.1 Å². The van der Waals surface area contributed by atoms with Gasteiger partial charge in [-0.05, 0) is 31.2 Å². The summed E-state index contributed by atoms with van der Waals surface area (Å²) in [7, 11) is -3.44. The summed E-state index contributed by atoms with van der Waals surface area (Å²) in [6, 6.07) is 14.0. The van der Waals surface area contributed by atoms with Crippen molar-refractivity contribution in [2.75, 3.05) is 31.1 Å². The molecule has 2 aromatic carbocycles. The van der Waals surface area contributed by atoms with Crippen molar-refractivity contribution in [3.8, 4) is 5.75 Å². The van der Waals surface area contributed by atoms with Crippen molar-refractivity contribution in [2.24, 2.45) is 0 Å². The highest BCUT2D eigenvalue weighted by Gasteiger charge is 2.28. The van der Waals surface area contributed by atoms with Gasteiger partial charge in [0.1, 0.15) is 5.75 Å². The molecule has 122 valence electrons. The van der Waals surface area contributed by atoms with Crippen LogP contribution in [0.25, 0.3) is 0 Å². The lowest BCUT2D eigenvalue weighted by Crippen LogP contribution is -2.48. The lowest BCUT2D eigenvalue weighted by molar-refractivity contribution is 0.384. The number of sulfonamides is 1. The van der Waals surface area contributed by atoms with Gasteiger partial charge in [-0.1, -0.05) is 23.8 Å². The van der Waals surface area contributed by atoms with Crippen LogP contribution in [0.5, 0.6) is 5.75 Å². The summed E-state index contributed by atoms with van der Waals surface area (Å²) >= 11 is 0. The number of rotatable bonds is 3. The molecule has 0 spiro atoms. The number of phenols is 1. The van der Waals surface area contributed by atoms with Gasteiger partial charge < -0.3 is 10.0 Å². The second-order valence-corrected chi connectivity index (χ2v) is 7.66. The van der Waals surface area contributed by atoms with Gasteiger partial charge in [0.2, 0.25) is 10.0 Å². The van der Waals surface area contributed by atoms with Crippen LogP contribution in [0.4, 0.5) is 5.69 Å². The number of benzene rings is 2. The quantitative estimate of drug-likeness (QED) is 0.936. The molecule has 1 saturated heterocycles. The molecular formula is C17H20N2O3S.